The average molecular weight is 352 g/mol. The van der Waals surface area contributed by atoms with Crippen LogP contribution in [0.2, 0.25) is 0 Å². The molecule has 1 aromatic carbocycles. The smallest absolute Gasteiger partial charge is 0.135 e. The number of nitriles is 2. The van der Waals surface area contributed by atoms with Gasteiger partial charge in [0.15, 0.2) is 0 Å². The minimum absolute atomic E-state index is 0.116. The molecule has 128 valence electrons. The SMILES string of the molecule is N#Cc1cc(O)cnc1-c1nc(Cn2cnc3ccccc32)ccc1C#N. The molecule has 0 amide bonds. The first-order chi connectivity index (χ1) is 13.2. The molecule has 0 aliphatic heterocycles. The summed E-state index contributed by atoms with van der Waals surface area (Å²) in [5.74, 6) is -0.116. The Kier molecular flexibility index (Phi) is 3.96. The maximum absolute atomic E-state index is 9.56. The van der Waals surface area contributed by atoms with Gasteiger partial charge in [0, 0.05) is 6.07 Å². The summed E-state index contributed by atoms with van der Waals surface area (Å²) < 4.78 is 1.96. The Bertz CT molecular complexity index is 1250. The predicted molar refractivity (Wildman–Crippen MR) is 97.4 cm³/mol. The number of pyridine rings is 2. The summed E-state index contributed by atoms with van der Waals surface area (Å²) in [7, 11) is 0. The number of benzene rings is 1. The van der Waals surface area contributed by atoms with E-state index in [1.54, 1.807) is 18.5 Å². The van der Waals surface area contributed by atoms with E-state index in [9.17, 15) is 15.6 Å². The van der Waals surface area contributed by atoms with Crippen LogP contribution in [0.4, 0.5) is 0 Å². The third-order valence-corrected chi connectivity index (χ3v) is 4.15. The third-order valence-electron chi connectivity index (χ3n) is 4.15. The summed E-state index contributed by atoms with van der Waals surface area (Å²) in [6, 6.07) is 16.6. The summed E-state index contributed by atoms with van der Waals surface area (Å²) in [5.41, 5.74) is 3.61. The molecule has 4 aromatic rings. The van der Waals surface area contributed by atoms with Crippen LogP contribution in [0.3, 0.4) is 0 Å². The Balaban J connectivity index is 1.80. The van der Waals surface area contributed by atoms with E-state index in [1.165, 1.54) is 12.3 Å². The average Bonchev–Trinajstić information content (AvgIpc) is 3.11. The van der Waals surface area contributed by atoms with Gasteiger partial charge in [-0.3, -0.25) is 0 Å². The topological polar surface area (TPSA) is 111 Å². The first-order valence-electron chi connectivity index (χ1n) is 8.09. The van der Waals surface area contributed by atoms with Crippen LogP contribution < -0.4 is 0 Å². The quantitative estimate of drug-likeness (QED) is 0.607. The van der Waals surface area contributed by atoms with E-state index in [0.29, 0.717) is 23.5 Å². The second kappa shape index (κ2) is 6.58. The molecule has 0 spiro atoms. The van der Waals surface area contributed by atoms with Gasteiger partial charge in [0.05, 0.1) is 46.9 Å². The lowest BCUT2D eigenvalue weighted by molar-refractivity contribution is 0.472. The van der Waals surface area contributed by atoms with Crippen molar-refractivity contribution in [3.63, 3.8) is 0 Å². The fraction of sp³-hybridized carbons (Fsp3) is 0.0500. The minimum atomic E-state index is -0.116. The number of fused-ring (bicyclic) bond motifs is 1. The van der Waals surface area contributed by atoms with Crippen molar-refractivity contribution in [3.05, 3.63) is 71.8 Å². The van der Waals surface area contributed by atoms with Gasteiger partial charge >= 0.3 is 0 Å². The number of imidazole rings is 1. The van der Waals surface area contributed by atoms with Crippen molar-refractivity contribution in [1.82, 2.24) is 19.5 Å². The van der Waals surface area contributed by atoms with Gasteiger partial charge in [-0.15, -0.1) is 0 Å². The minimum Gasteiger partial charge on any atom is -0.506 e. The normalized spacial score (nSPS) is 10.4. The molecule has 1 N–H and O–H groups in total. The number of rotatable bonds is 3. The number of aromatic hydroxyl groups is 1. The Morgan fingerprint density at radius 1 is 0.963 bits per heavy atom. The summed E-state index contributed by atoms with van der Waals surface area (Å²) in [5, 5.41) is 28.3. The van der Waals surface area contributed by atoms with E-state index in [2.05, 4.69) is 21.0 Å². The Morgan fingerprint density at radius 2 is 1.78 bits per heavy atom. The Labute approximate surface area is 154 Å². The van der Waals surface area contributed by atoms with Crippen molar-refractivity contribution >= 4 is 11.0 Å². The fourth-order valence-corrected chi connectivity index (χ4v) is 2.90. The molecule has 3 heterocycles. The molecule has 0 saturated carbocycles. The lowest BCUT2D eigenvalue weighted by Crippen LogP contribution is -2.04. The van der Waals surface area contributed by atoms with Crippen LogP contribution in [0.5, 0.6) is 5.75 Å². The van der Waals surface area contributed by atoms with E-state index in [4.69, 9.17) is 0 Å². The fourth-order valence-electron chi connectivity index (χ4n) is 2.90. The molecular formula is C20H12N6O. The van der Waals surface area contributed by atoms with Crippen LogP contribution in [-0.2, 0) is 6.54 Å². The number of nitrogens with zero attached hydrogens (tertiary/aromatic N) is 6. The zero-order chi connectivity index (χ0) is 18.8. The maximum atomic E-state index is 9.56. The van der Waals surface area contributed by atoms with E-state index >= 15 is 0 Å². The zero-order valence-corrected chi connectivity index (χ0v) is 14.0. The molecule has 0 radical (unpaired) electrons. The summed E-state index contributed by atoms with van der Waals surface area (Å²) in [6.07, 6.45) is 2.97. The Hall–Kier alpha value is -4.23. The van der Waals surface area contributed by atoms with E-state index < -0.39 is 0 Å². The van der Waals surface area contributed by atoms with Gasteiger partial charge in [0.2, 0.25) is 0 Å². The zero-order valence-electron chi connectivity index (χ0n) is 14.0. The molecule has 7 nitrogen and oxygen atoms in total. The van der Waals surface area contributed by atoms with Crippen molar-refractivity contribution in [2.45, 2.75) is 6.54 Å². The van der Waals surface area contributed by atoms with Crippen LogP contribution in [0.15, 0.2) is 55.0 Å². The second-order valence-electron chi connectivity index (χ2n) is 5.87. The van der Waals surface area contributed by atoms with E-state index in [-0.39, 0.29) is 17.0 Å². The van der Waals surface area contributed by atoms with Crippen LogP contribution in [-0.4, -0.2) is 24.6 Å². The van der Waals surface area contributed by atoms with Crippen LogP contribution >= 0.6 is 0 Å². The molecule has 0 atom stereocenters. The van der Waals surface area contributed by atoms with Crippen molar-refractivity contribution in [3.8, 4) is 29.3 Å². The predicted octanol–water partition coefficient (Wildman–Crippen LogP) is 2.99. The number of aromatic nitrogens is 4. The third kappa shape index (κ3) is 2.94. The number of hydrogen-bond donors (Lipinski definition) is 1. The highest BCUT2D eigenvalue weighted by Gasteiger charge is 2.15. The molecule has 0 fully saturated rings. The summed E-state index contributed by atoms with van der Waals surface area (Å²) in [6.45, 7) is 0.458. The summed E-state index contributed by atoms with van der Waals surface area (Å²) in [4.78, 5) is 13.0. The number of hydrogen-bond acceptors (Lipinski definition) is 6. The van der Waals surface area contributed by atoms with E-state index in [0.717, 1.165) is 11.0 Å². The van der Waals surface area contributed by atoms with Gasteiger partial charge in [-0.1, -0.05) is 12.1 Å². The first-order valence-corrected chi connectivity index (χ1v) is 8.09. The van der Waals surface area contributed by atoms with Gasteiger partial charge in [-0.05, 0) is 24.3 Å². The standard InChI is InChI=1S/C20H12N6O/c21-8-13-5-6-15(11-26-12-24-17-3-1-2-4-18(17)26)25-20(13)19-14(9-22)7-16(27)10-23-19/h1-7,10,12,27H,11H2. The van der Waals surface area contributed by atoms with Gasteiger partial charge in [0.25, 0.3) is 0 Å². The maximum Gasteiger partial charge on any atom is 0.135 e. The molecule has 3 aromatic heterocycles. The molecule has 0 aliphatic carbocycles. The highest BCUT2D eigenvalue weighted by molar-refractivity contribution is 5.75. The van der Waals surface area contributed by atoms with Gasteiger partial charge < -0.3 is 9.67 Å². The van der Waals surface area contributed by atoms with Crippen LogP contribution in [0.1, 0.15) is 16.8 Å². The monoisotopic (exact) mass is 352 g/mol. The largest absolute Gasteiger partial charge is 0.506 e. The highest BCUT2D eigenvalue weighted by Crippen LogP contribution is 2.26. The molecule has 0 aliphatic rings. The van der Waals surface area contributed by atoms with E-state index in [1.807, 2.05) is 34.9 Å². The molecule has 27 heavy (non-hydrogen) atoms. The molecular weight excluding hydrogens is 340 g/mol. The lowest BCUT2D eigenvalue weighted by atomic mass is 10.1. The van der Waals surface area contributed by atoms with Gasteiger partial charge in [-0.25, -0.2) is 15.0 Å². The van der Waals surface area contributed by atoms with Crippen molar-refractivity contribution in [1.29, 1.82) is 10.5 Å². The molecule has 0 saturated heterocycles. The first kappa shape index (κ1) is 16.2. The molecule has 4 rings (SSSR count). The lowest BCUT2D eigenvalue weighted by Gasteiger charge is -2.09. The molecule has 0 bridgehead atoms. The second-order valence-corrected chi connectivity index (χ2v) is 5.87. The molecule has 7 heteroatoms. The van der Waals surface area contributed by atoms with Crippen LogP contribution in [0, 0.1) is 22.7 Å². The van der Waals surface area contributed by atoms with Crippen LogP contribution in [0.25, 0.3) is 22.4 Å². The van der Waals surface area contributed by atoms with Crippen molar-refractivity contribution in [2.24, 2.45) is 0 Å². The van der Waals surface area contributed by atoms with Crippen molar-refractivity contribution < 1.29 is 5.11 Å². The van der Waals surface area contributed by atoms with Gasteiger partial charge in [0.1, 0.15) is 29.3 Å². The van der Waals surface area contributed by atoms with Crippen molar-refractivity contribution in [2.75, 3.05) is 0 Å². The van der Waals surface area contributed by atoms with Gasteiger partial charge in [-0.2, -0.15) is 10.5 Å². The molecule has 0 unspecified atom stereocenters. The Morgan fingerprint density at radius 3 is 2.59 bits per heavy atom. The summed E-state index contributed by atoms with van der Waals surface area (Å²) >= 11 is 0. The number of para-hydroxylation sites is 2. The highest BCUT2D eigenvalue weighted by atomic mass is 16.3.